The summed E-state index contributed by atoms with van der Waals surface area (Å²) < 4.78 is 0. The SMILES string of the molecule is Cc1cc(Cl)nc(N(CCO)CCO)n1. The summed E-state index contributed by atoms with van der Waals surface area (Å²) in [5, 5.41) is 18.1. The molecule has 0 aliphatic rings. The molecule has 0 amide bonds. The van der Waals surface area contributed by atoms with Crippen molar-refractivity contribution < 1.29 is 10.2 Å². The molecule has 1 aromatic rings. The molecule has 0 aliphatic heterocycles. The van der Waals surface area contributed by atoms with E-state index in [9.17, 15) is 0 Å². The Morgan fingerprint density at radius 3 is 2.33 bits per heavy atom. The Labute approximate surface area is 93.3 Å². The van der Waals surface area contributed by atoms with Crippen molar-refractivity contribution in [1.29, 1.82) is 0 Å². The van der Waals surface area contributed by atoms with E-state index in [1.165, 1.54) is 0 Å². The summed E-state index contributed by atoms with van der Waals surface area (Å²) in [6, 6.07) is 1.65. The summed E-state index contributed by atoms with van der Waals surface area (Å²) in [7, 11) is 0. The predicted octanol–water partition coefficient (Wildman–Crippen LogP) is 0.229. The van der Waals surface area contributed by atoms with E-state index >= 15 is 0 Å². The highest BCUT2D eigenvalue weighted by Gasteiger charge is 2.09. The molecule has 5 nitrogen and oxygen atoms in total. The van der Waals surface area contributed by atoms with Gasteiger partial charge in [0.1, 0.15) is 5.15 Å². The number of aliphatic hydroxyl groups is 2. The average molecular weight is 232 g/mol. The molecule has 0 radical (unpaired) electrons. The quantitative estimate of drug-likeness (QED) is 0.710. The van der Waals surface area contributed by atoms with Crippen LogP contribution in [0.2, 0.25) is 5.15 Å². The number of halogens is 1. The fraction of sp³-hybridized carbons (Fsp3) is 0.556. The van der Waals surface area contributed by atoms with Gasteiger partial charge in [0.2, 0.25) is 5.95 Å². The first-order valence-electron chi connectivity index (χ1n) is 4.65. The van der Waals surface area contributed by atoms with Gasteiger partial charge < -0.3 is 15.1 Å². The van der Waals surface area contributed by atoms with Gasteiger partial charge in [0.05, 0.1) is 13.2 Å². The third-order valence-corrected chi connectivity index (χ3v) is 2.03. The van der Waals surface area contributed by atoms with Crippen LogP contribution in [-0.2, 0) is 0 Å². The van der Waals surface area contributed by atoms with Crippen LogP contribution in [0.3, 0.4) is 0 Å². The topological polar surface area (TPSA) is 69.5 Å². The van der Waals surface area contributed by atoms with E-state index in [4.69, 9.17) is 21.8 Å². The number of nitrogens with zero attached hydrogens (tertiary/aromatic N) is 3. The van der Waals surface area contributed by atoms with Gasteiger partial charge in [-0.15, -0.1) is 0 Å². The Hall–Kier alpha value is -0.910. The summed E-state index contributed by atoms with van der Waals surface area (Å²) in [6.07, 6.45) is 0. The molecule has 0 saturated carbocycles. The lowest BCUT2D eigenvalue weighted by Gasteiger charge is -2.20. The van der Waals surface area contributed by atoms with Crippen LogP contribution in [0.4, 0.5) is 5.95 Å². The maximum atomic E-state index is 8.85. The summed E-state index contributed by atoms with van der Waals surface area (Å²) in [5.41, 5.74) is 0.755. The summed E-state index contributed by atoms with van der Waals surface area (Å²) >= 11 is 5.79. The molecule has 0 bridgehead atoms. The van der Waals surface area contributed by atoms with E-state index in [1.807, 2.05) is 6.92 Å². The second-order valence-electron chi connectivity index (χ2n) is 3.07. The first-order valence-corrected chi connectivity index (χ1v) is 5.03. The van der Waals surface area contributed by atoms with E-state index in [0.29, 0.717) is 24.2 Å². The second-order valence-corrected chi connectivity index (χ2v) is 3.45. The molecule has 1 rings (SSSR count). The molecule has 0 spiro atoms. The van der Waals surface area contributed by atoms with Crippen molar-refractivity contribution in [2.24, 2.45) is 0 Å². The van der Waals surface area contributed by atoms with Crippen LogP contribution in [-0.4, -0.2) is 46.5 Å². The van der Waals surface area contributed by atoms with E-state index < -0.39 is 0 Å². The van der Waals surface area contributed by atoms with Gasteiger partial charge >= 0.3 is 0 Å². The molecule has 0 unspecified atom stereocenters. The van der Waals surface area contributed by atoms with E-state index in [1.54, 1.807) is 11.0 Å². The lowest BCUT2D eigenvalue weighted by Crippen LogP contribution is -2.31. The molecule has 0 fully saturated rings. The largest absolute Gasteiger partial charge is 0.395 e. The van der Waals surface area contributed by atoms with E-state index in [-0.39, 0.29) is 13.2 Å². The van der Waals surface area contributed by atoms with Gasteiger partial charge in [0, 0.05) is 18.8 Å². The minimum atomic E-state index is -0.0189. The first-order chi connectivity index (χ1) is 7.17. The summed E-state index contributed by atoms with van der Waals surface area (Å²) in [4.78, 5) is 9.89. The van der Waals surface area contributed by atoms with Crippen LogP contribution in [0, 0.1) is 6.92 Å². The molecule has 15 heavy (non-hydrogen) atoms. The van der Waals surface area contributed by atoms with Gasteiger partial charge in [-0.2, -0.15) is 0 Å². The molecule has 0 aliphatic carbocycles. The second kappa shape index (κ2) is 5.85. The number of anilines is 1. The molecule has 2 N–H and O–H groups in total. The highest BCUT2D eigenvalue weighted by molar-refractivity contribution is 6.29. The Morgan fingerprint density at radius 2 is 1.87 bits per heavy atom. The van der Waals surface area contributed by atoms with Crippen LogP contribution in [0.25, 0.3) is 0 Å². The van der Waals surface area contributed by atoms with Gasteiger partial charge in [-0.25, -0.2) is 9.97 Å². The zero-order valence-electron chi connectivity index (χ0n) is 8.52. The number of hydrogen-bond acceptors (Lipinski definition) is 5. The fourth-order valence-electron chi connectivity index (χ4n) is 1.21. The van der Waals surface area contributed by atoms with Crippen LogP contribution in [0.15, 0.2) is 6.07 Å². The van der Waals surface area contributed by atoms with Crippen molar-refractivity contribution in [2.75, 3.05) is 31.2 Å². The maximum absolute atomic E-state index is 8.85. The lowest BCUT2D eigenvalue weighted by molar-refractivity contribution is 0.280. The Kier molecular flexibility index (Phi) is 4.74. The monoisotopic (exact) mass is 231 g/mol. The molecule has 0 saturated heterocycles. The van der Waals surface area contributed by atoms with Crippen molar-refractivity contribution >= 4 is 17.5 Å². The first kappa shape index (κ1) is 12.2. The van der Waals surface area contributed by atoms with Gasteiger partial charge in [0.25, 0.3) is 0 Å². The molecule has 1 heterocycles. The number of aliphatic hydroxyl groups excluding tert-OH is 2. The van der Waals surface area contributed by atoms with Gasteiger partial charge in [-0.05, 0) is 13.0 Å². The number of aromatic nitrogens is 2. The van der Waals surface area contributed by atoms with Gasteiger partial charge in [-0.1, -0.05) is 11.6 Å². The van der Waals surface area contributed by atoms with Crippen molar-refractivity contribution in [2.45, 2.75) is 6.92 Å². The van der Waals surface area contributed by atoms with Crippen molar-refractivity contribution in [3.05, 3.63) is 16.9 Å². The maximum Gasteiger partial charge on any atom is 0.227 e. The molecule has 84 valence electrons. The minimum absolute atomic E-state index is 0.0189. The molecule has 0 atom stereocenters. The highest BCUT2D eigenvalue weighted by Crippen LogP contribution is 2.13. The standard InChI is InChI=1S/C9H14ClN3O2/c1-7-6-8(10)12-9(11-7)13(2-4-14)3-5-15/h6,14-15H,2-5H2,1H3. The summed E-state index contributed by atoms with van der Waals surface area (Å²) in [5.74, 6) is 0.433. The van der Waals surface area contributed by atoms with Gasteiger partial charge in [0.15, 0.2) is 0 Å². The molecular formula is C9H14ClN3O2. The smallest absolute Gasteiger partial charge is 0.227 e. The average Bonchev–Trinajstić information content (AvgIpc) is 2.16. The normalized spacial score (nSPS) is 10.4. The Bertz CT molecular complexity index is 296. The summed E-state index contributed by atoms with van der Waals surface area (Å²) in [6.45, 7) is 2.53. The van der Waals surface area contributed by atoms with E-state index in [2.05, 4.69) is 9.97 Å². The number of rotatable bonds is 5. The molecule has 1 aromatic heterocycles. The van der Waals surface area contributed by atoms with Crippen molar-refractivity contribution in [1.82, 2.24) is 9.97 Å². The van der Waals surface area contributed by atoms with Crippen molar-refractivity contribution in [3.8, 4) is 0 Å². The Balaban J connectivity index is 2.88. The van der Waals surface area contributed by atoms with Crippen LogP contribution in [0.5, 0.6) is 0 Å². The van der Waals surface area contributed by atoms with Crippen molar-refractivity contribution in [3.63, 3.8) is 0 Å². The lowest BCUT2D eigenvalue weighted by atomic mass is 10.4. The molecule has 0 aromatic carbocycles. The van der Waals surface area contributed by atoms with Crippen LogP contribution in [0.1, 0.15) is 5.69 Å². The number of aryl methyl sites for hydroxylation is 1. The highest BCUT2D eigenvalue weighted by atomic mass is 35.5. The Morgan fingerprint density at radius 1 is 1.27 bits per heavy atom. The fourth-order valence-corrected chi connectivity index (χ4v) is 1.44. The zero-order valence-corrected chi connectivity index (χ0v) is 9.28. The van der Waals surface area contributed by atoms with E-state index in [0.717, 1.165) is 5.69 Å². The predicted molar refractivity (Wildman–Crippen MR) is 58.2 cm³/mol. The van der Waals surface area contributed by atoms with Gasteiger partial charge in [-0.3, -0.25) is 0 Å². The van der Waals surface area contributed by atoms with Crippen LogP contribution >= 0.6 is 11.6 Å². The molecular weight excluding hydrogens is 218 g/mol. The third kappa shape index (κ3) is 3.62. The number of hydrogen-bond donors (Lipinski definition) is 2. The molecule has 6 heteroatoms. The zero-order chi connectivity index (χ0) is 11.3. The third-order valence-electron chi connectivity index (χ3n) is 1.83. The minimum Gasteiger partial charge on any atom is -0.395 e. The van der Waals surface area contributed by atoms with Crippen LogP contribution < -0.4 is 4.90 Å².